The highest BCUT2D eigenvalue weighted by Gasteiger charge is 2.26. The SMILES string of the molecule is O=C(c1c(F)cccc1Cl)N1CCN(c2ccc(N3CCCCCC3)nn2)CC1. The van der Waals surface area contributed by atoms with Gasteiger partial charge in [-0.1, -0.05) is 30.5 Å². The van der Waals surface area contributed by atoms with Crippen LogP contribution in [0.1, 0.15) is 36.0 Å². The Morgan fingerprint density at radius 1 is 0.828 bits per heavy atom. The first-order valence-electron chi connectivity index (χ1n) is 10.2. The molecule has 0 atom stereocenters. The Kier molecular flexibility index (Phi) is 6.13. The summed E-state index contributed by atoms with van der Waals surface area (Å²) in [6.45, 7) is 4.28. The monoisotopic (exact) mass is 417 g/mol. The van der Waals surface area contributed by atoms with Crippen molar-refractivity contribution < 1.29 is 9.18 Å². The molecule has 2 aromatic rings. The molecule has 0 radical (unpaired) electrons. The molecule has 8 heteroatoms. The fourth-order valence-corrected chi connectivity index (χ4v) is 4.20. The van der Waals surface area contributed by atoms with Crippen molar-refractivity contribution in [1.82, 2.24) is 15.1 Å². The first kappa shape index (κ1) is 19.9. The highest BCUT2D eigenvalue weighted by Crippen LogP contribution is 2.23. The van der Waals surface area contributed by atoms with Gasteiger partial charge in [-0.15, -0.1) is 10.2 Å². The molecular weight excluding hydrogens is 393 g/mol. The largest absolute Gasteiger partial charge is 0.355 e. The van der Waals surface area contributed by atoms with Crippen LogP contribution in [0.2, 0.25) is 5.02 Å². The Morgan fingerprint density at radius 2 is 1.41 bits per heavy atom. The quantitative estimate of drug-likeness (QED) is 0.763. The molecule has 2 saturated heterocycles. The molecule has 2 aliphatic rings. The Labute approximate surface area is 175 Å². The van der Waals surface area contributed by atoms with Crippen molar-refractivity contribution in [3.05, 3.63) is 46.7 Å². The third-order valence-corrected chi connectivity index (χ3v) is 5.95. The minimum absolute atomic E-state index is 0.0517. The molecule has 0 spiro atoms. The second-order valence-corrected chi connectivity index (χ2v) is 7.93. The normalized spacial score (nSPS) is 17.9. The molecule has 0 N–H and O–H groups in total. The first-order valence-corrected chi connectivity index (χ1v) is 10.6. The van der Waals surface area contributed by atoms with Gasteiger partial charge in [-0.05, 0) is 37.1 Å². The summed E-state index contributed by atoms with van der Waals surface area (Å²) in [5.74, 6) is 0.786. The van der Waals surface area contributed by atoms with E-state index in [1.165, 1.54) is 43.9 Å². The number of anilines is 2. The zero-order valence-electron chi connectivity index (χ0n) is 16.4. The van der Waals surface area contributed by atoms with Gasteiger partial charge in [0.1, 0.15) is 5.82 Å². The standard InChI is InChI=1S/C21H25ClFN5O/c22-16-6-5-7-17(23)20(16)21(29)28-14-12-27(13-15-28)19-9-8-18(24-25-19)26-10-3-1-2-4-11-26/h5-9H,1-4,10-15H2. The van der Waals surface area contributed by atoms with Gasteiger partial charge in [0.15, 0.2) is 11.6 Å². The lowest BCUT2D eigenvalue weighted by atomic mass is 10.1. The van der Waals surface area contributed by atoms with Crippen LogP contribution in [-0.4, -0.2) is 60.3 Å². The van der Waals surface area contributed by atoms with Crippen LogP contribution in [0.4, 0.5) is 16.0 Å². The molecule has 1 amide bonds. The van der Waals surface area contributed by atoms with Crippen LogP contribution in [0.3, 0.4) is 0 Å². The van der Waals surface area contributed by atoms with E-state index in [1.807, 2.05) is 12.1 Å². The maximum absolute atomic E-state index is 14.0. The number of hydrogen-bond acceptors (Lipinski definition) is 5. The predicted molar refractivity (Wildman–Crippen MR) is 112 cm³/mol. The molecule has 4 rings (SSSR count). The van der Waals surface area contributed by atoms with Crippen molar-refractivity contribution in [2.75, 3.05) is 49.1 Å². The van der Waals surface area contributed by atoms with Crippen LogP contribution in [0, 0.1) is 5.82 Å². The Hall–Kier alpha value is -2.41. The summed E-state index contributed by atoms with van der Waals surface area (Å²) in [5, 5.41) is 8.99. The second kappa shape index (κ2) is 8.95. The Bertz CT molecular complexity index is 826. The van der Waals surface area contributed by atoms with Gasteiger partial charge in [0.25, 0.3) is 5.91 Å². The van der Waals surface area contributed by atoms with E-state index < -0.39 is 5.82 Å². The number of piperazine rings is 1. The number of amides is 1. The molecule has 0 aliphatic carbocycles. The molecular formula is C21H25ClFN5O. The number of aromatic nitrogens is 2. The summed E-state index contributed by atoms with van der Waals surface area (Å²) in [6, 6.07) is 8.33. The van der Waals surface area contributed by atoms with Gasteiger partial charge in [0.05, 0.1) is 10.6 Å². The number of carbonyl (C=O) groups excluding carboxylic acids is 1. The van der Waals surface area contributed by atoms with Crippen molar-refractivity contribution >= 4 is 29.1 Å². The second-order valence-electron chi connectivity index (χ2n) is 7.53. The number of rotatable bonds is 3. The highest BCUT2D eigenvalue weighted by molar-refractivity contribution is 6.33. The molecule has 154 valence electrons. The summed E-state index contributed by atoms with van der Waals surface area (Å²) in [4.78, 5) is 18.7. The average molecular weight is 418 g/mol. The van der Waals surface area contributed by atoms with Gasteiger partial charge in [0.2, 0.25) is 0 Å². The summed E-state index contributed by atoms with van der Waals surface area (Å²) in [6.07, 6.45) is 4.96. The number of nitrogens with zero attached hydrogens (tertiary/aromatic N) is 5. The first-order chi connectivity index (χ1) is 14.1. The molecule has 1 aromatic carbocycles. The van der Waals surface area contributed by atoms with Crippen LogP contribution in [0.25, 0.3) is 0 Å². The van der Waals surface area contributed by atoms with Crippen LogP contribution in [-0.2, 0) is 0 Å². The van der Waals surface area contributed by atoms with Crippen LogP contribution >= 0.6 is 11.6 Å². The van der Waals surface area contributed by atoms with Gasteiger partial charge < -0.3 is 14.7 Å². The topological polar surface area (TPSA) is 52.6 Å². The van der Waals surface area contributed by atoms with E-state index in [-0.39, 0.29) is 16.5 Å². The molecule has 29 heavy (non-hydrogen) atoms. The number of carbonyl (C=O) groups is 1. The molecule has 2 fully saturated rings. The van der Waals surface area contributed by atoms with Gasteiger partial charge >= 0.3 is 0 Å². The lowest BCUT2D eigenvalue weighted by Gasteiger charge is -2.35. The number of halogens is 2. The van der Waals surface area contributed by atoms with Gasteiger partial charge in [0, 0.05) is 39.3 Å². The molecule has 2 aliphatic heterocycles. The molecule has 1 aromatic heterocycles. The summed E-state index contributed by atoms with van der Waals surface area (Å²) in [5.41, 5.74) is -0.0517. The molecule has 0 bridgehead atoms. The molecule has 6 nitrogen and oxygen atoms in total. The fraction of sp³-hybridized carbons (Fsp3) is 0.476. The van der Waals surface area contributed by atoms with Crippen molar-refractivity contribution in [2.24, 2.45) is 0 Å². The fourth-order valence-electron chi connectivity index (χ4n) is 3.95. The third kappa shape index (κ3) is 4.45. The average Bonchev–Trinajstić information content (AvgIpc) is 3.03. The summed E-state index contributed by atoms with van der Waals surface area (Å²) < 4.78 is 14.0. The van der Waals surface area contributed by atoms with Gasteiger partial charge in [-0.25, -0.2) is 4.39 Å². The van der Waals surface area contributed by atoms with E-state index in [4.69, 9.17) is 11.6 Å². The summed E-state index contributed by atoms with van der Waals surface area (Å²) in [7, 11) is 0. The van der Waals surface area contributed by atoms with E-state index in [0.717, 1.165) is 24.7 Å². The molecule has 3 heterocycles. The van der Waals surface area contributed by atoms with E-state index in [0.29, 0.717) is 26.2 Å². The number of hydrogen-bond donors (Lipinski definition) is 0. The van der Waals surface area contributed by atoms with Crippen LogP contribution in [0.5, 0.6) is 0 Å². The minimum Gasteiger partial charge on any atom is -0.355 e. The molecule has 0 unspecified atom stereocenters. The van der Waals surface area contributed by atoms with Crippen molar-refractivity contribution in [3.8, 4) is 0 Å². The van der Waals surface area contributed by atoms with Crippen LogP contribution < -0.4 is 9.80 Å². The number of benzene rings is 1. The van der Waals surface area contributed by atoms with E-state index >= 15 is 0 Å². The van der Waals surface area contributed by atoms with Crippen LogP contribution in [0.15, 0.2) is 30.3 Å². The predicted octanol–water partition coefficient (Wildman–Crippen LogP) is 3.61. The smallest absolute Gasteiger partial charge is 0.258 e. The zero-order chi connectivity index (χ0) is 20.2. The lowest BCUT2D eigenvalue weighted by Crippen LogP contribution is -2.49. The molecule has 0 saturated carbocycles. The highest BCUT2D eigenvalue weighted by atomic mass is 35.5. The van der Waals surface area contributed by atoms with Gasteiger partial charge in [-0.3, -0.25) is 4.79 Å². The maximum Gasteiger partial charge on any atom is 0.258 e. The van der Waals surface area contributed by atoms with Crippen molar-refractivity contribution in [3.63, 3.8) is 0 Å². The Balaban J connectivity index is 1.37. The van der Waals surface area contributed by atoms with Crippen molar-refractivity contribution in [2.45, 2.75) is 25.7 Å². The van der Waals surface area contributed by atoms with Gasteiger partial charge in [-0.2, -0.15) is 0 Å². The van der Waals surface area contributed by atoms with E-state index in [1.54, 1.807) is 4.90 Å². The van der Waals surface area contributed by atoms with E-state index in [9.17, 15) is 9.18 Å². The van der Waals surface area contributed by atoms with E-state index in [2.05, 4.69) is 20.0 Å². The minimum atomic E-state index is -0.583. The van der Waals surface area contributed by atoms with Crippen molar-refractivity contribution in [1.29, 1.82) is 0 Å². The zero-order valence-corrected chi connectivity index (χ0v) is 17.1. The third-order valence-electron chi connectivity index (χ3n) is 5.63. The Morgan fingerprint density at radius 3 is 1.97 bits per heavy atom. The lowest BCUT2D eigenvalue weighted by molar-refractivity contribution is 0.0742. The maximum atomic E-state index is 14.0. The summed E-state index contributed by atoms with van der Waals surface area (Å²) >= 11 is 6.04.